The SMILES string of the molecule is CC(N)C1CC(CN(C)C2=CC=CC3OCCCC23)OC2C=CC=CC21. The summed E-state index contributed by atoms with van der Waals surface area (Å²) in [5, 5.41) is 0. The summed E-state index contributed by atoms with van der Waals surface area (Å²) in [7, 11) is 2.20. The van der Waals surface area contributed by atoms with Crippen molar-refractivity contribution in [3.8, 4) is 0 Å². The Morgan fingerprint density at radius 3 is 2.85 bits per heavy atom. The molecule has 4 nitrogen and oxygen atoms in total. The number of rotatable bonds is 4. The van der Waals surface area contributed by atoms with Crippen LogP contribution < -0.4 is 5.73 Å². The van der Waals surface area contributed by atoms with Gasteiger partial charge in [0, 0.05) is 43.8 Å². The minimum atomic E-state index is 0.161. The second-order valence-corrected chi connectivity index (χ2v) is 8.27. The van der Waals surface area contributed by atoms with E-state index in [2.05, 4.69) is 61.4 Å². The molecule has 4 rings (SSSR count). The number of hydrogen-bond donors (Lipinski definition) is 1. The van der Waals surface area contributed by atoms with Gasteiger partial charge in [0.15, 0.2) is 0 Å². The summed E-state index contributed by atoms with van der Waals surface area (Å²) in [5.74, 6) is 1.37. The first-order chi connectivity index (χ1) is 12.6. The molecule has 2 saturated heterocycles. The molecule has 2 N–H and O–H groups in total. The number of fused-ring (bicyclic) bond motifs is 2. The molecule has 2 aliphatic carbocycles. The van der Waals surface area contributed by atoms with Gasteiger partial charge >= 0.3 is 0 Å². The lowest BCUT2D eigenvalue weighted by molar-refractivity contribution is -0.0858. The molecule has 4 heteroatoms. The van der Waals surface area contributed by atoms with Gasteiger partial charge in [-0.1, -0.05) is 36.5 Å². The molecule has 0 aromatic rings. The monoisotopic (exact) mass is 356 g/mol. The summed E-state index contributed by atoms with van der Waals surface area (Å²) in [5.41, 5.74) is 7.72. The number of hydrogen-bond acceptors (Lipinski definition) is 4. The van der Waals surface area contributed by atoms with Gasteiger partial charge < -0.3 is 20.1 Å². The van der Waals surface area contributed by atoms with Crippen LogP contribution in [0.1, 0.15) is 26.2 Å². The van der Waals surface area contributed by atoms with Gasteiger partial charge in [0.2, 0.25) is 0 Å². The molecule has 0 amide bonds. The van der Waals surface area contributed by atoms with Crippen LogP contribution in [0.3, 0.4) is 0 Å². The average Bonchev–Trinajstić information content (AvgIpc) is 2.66. The van der Waals surface area contributed by atoms with Crippen LogP contribution in [0, 0.1) is 17.8 Å². The fourth-order valence-corrected chi connectivity index (χ4v) is 5.06. The fraction of sp³-hybridized carbons (Fsp3) is 0.636. The van der Waals surface area contributed by atoms with Crippen LogP contribution in [0.15, 0.2) is 48.2 Å². The third kappa shape index (κ3) is 3.55. The molecule has 7 unspecified atom stereocenters. The van der Waals surface area contributed by atoms with Crippen LogP contribution in [-0.4, -0.2) is 49.5 Å². The first-order valence-corrected chi connectivity index (χ1v) is 10.1. The predicted molar refractivity (Wildman–Crippen MR) is 105 cm³/mol. The van der Waals surface area contributed by atoms with Crippen molar-refractivity contribution < 1.29 is 9.47 Å². The molecule has 2 fully saturated rings. The topological polar surface area (TPSA) is 47.7 Å². The molecule has 26 heavy (non-hydrogen) atoms. The number of nitrogens with zero attached hydrogens (tertiary/aromatic N) is 1. The minimum Gasteiger partial charge on any atom is -0.375 e. The Morgan fingerprint density at radius 2 is 2.00 bits per heavy atom. The van der Waals surface area contributed by atoms with E-state index >= 15 is 0 Å². The van der Waals surface area contributed by atoms with Crippen molar-refractivity contribution >= 4 is 0 Å². The smallest absolute Gasteiger partial charge is 0.0841 e. The summed E-state index contributed by atoms with van der Waals surface area (Å²) in [6, 6.07) is 0.184. The molecule has 4 aliphatic rings. The Kier molecular flexibility index (Phi) is 5.35. The van der Waals surface area contributed by atoms with Crippen molar-refractivity contribution in [1.82, 2.24) is 4.90 Å². The van der Waals surface area contributed by atoms with Crippen molar-refractivity contribution in [2.75, 3.05) is 20.2 Å². The summed E-state index contributed by atoms with van der Waals surface area (Å²) in [6.45, 7) is 3.93. The van der Waals surface area contributed by atoms with Crippen molar-refractivity contribution in [2.45, 2.75) is 50.5 Å². The maximum absolute atomic E-state index is 6.46. The first kappa shape index (κ1) is 18.0. The molecular formula is C22H32N2O2. The highest BCUT2D eigenvalue weighted by Crippen LogP contribution is 2.37. The molecule has 0 spiro atoms. The van der Waals surface area contributed by atoms with Crippen molar-refractivity contribution in [3.05, 3.63) is 48.2 Å². The maximum Gasteiger partial charge on any atom is 0.0841 e. The summed E-state index contributed by atoms with van der Waals surface area (Å²) in [6.07, 6.45) is 19.3. The van der Waals surface area contributed by atoms with E-state index in [0.29, 0.717) is 17.8 Å². The highest BCUT2D eigenvalue weighted by Gasteiger charge is 2.39. The summed E-state index contributed by atoms with van der Waals surface area (Å²) < 4.78 is 12.4. The van der Waals surface area contributed by atoms with E-state index in [4.69, 9.17) is 15.2 Å². The highest BCUT2D eigenvalue weighted by molar-refractivity contribution is 5.24. The first-order valence-electron chi connectivity index (χ1n) is 10.1. The highest BCUT2D eigenvalue weighted by atomic mass is 16.5. The summed E-state index contributed by atoms with van der Waals surface area (Å²) >= 11 is 0. The normalized spacial score (nSPS) is 39.7. The largest absolute Gasteiger partial charge is 0.375 e. The third-order valence-electron chi connectivity index (χ3n) is 6.41. The zero-order chi connectivity index (χ0) is 18.1. The zero-order valence-electron chi connectivity index (χ0n) is 16.0. The molecule has 0 saturated carbocycles. The van der Waals surface area contributed by atoms with Gasteiger partial charge in [0.1, 0.15) is 0 Å². The van der Waals surface area contributed by atoms with E-state index in [1.807, 2.05) is 0 Å². The fourth-order valence-electron chi connectivity index (χ4n) is 5.06. The van der Waals surface area contributed by atoms with Gasteiger partial charge in [-0.25, -0.2) is 0 Å². The Hall–Kier alpha value is -1.36. The van der Waals surface area contributed by atoms with Gasteiger partial charge in [-0.3, -0.25) is 0 Å². The van der Waals surface area contributed by atoms with E-state index in [-0.39, 0.29) is 24.4 Å². The van der Waals surface area contributed by atoms with Gasteiger partial charge in [0.25, 0.3) is 0 Å². The van der Waals surface area contributed by atoms with Crippen LogP contribution in [0.2, 0.25) is 0 Å². The molecule has 142 valence electrons. The quantitative estimate of drug-likeness (QED) is 0.841. The standard InChI is InChI=1S/C22H32N2O2/c1-15(23)19-13-16(26-22-10-4-3-7-17(19)22)14-24(2)20-9-5-11-21-18(20)8-6-12-25-21/h3-5,7,9-11,15-19,21-22H,6,8,12-14,23H2,1-2H3. The molecule has 2 aliphatic heterocycles. The van der Waals surface area contributed by atoms with E-state index in [9.17, 15) is 0 Å². The second kappa shape index (κ2) is 7.71. The van der Waals surface area contributed by atoms with Crippen molar-refractivity contribution in [2.24, 2.45) is 23.5 Å². The van der Waals surface area contributed by atoms with Gasteiger partial charge in [-0.05, 0) is 38.2 Å². The molecular weight excluding hydrogens is 324 g/mol. The lowest BCUT2D eigenvalue weighted by atomic mass is 9.75. The third-order valence-corrected chi connectivity index (χ3v) is 6.41. The lowest BCUT2D eigenvalue weighted by Crippen LogP contribution is -2.49. The van der Waals surface area contributed by atoms with Crippen molar-refractivity contribution in [1.29, 1.82) is 0 Å². The van der Waals surface area contributed by atoms with E-state index in [0.717, 1.165) is 26.0 Å². The Bertz CT molecular complexity index is 622. The van der Waals surface area contributed by atoms with Gasteiger partial charge in [-0.2, -0.15) is 0 Å². The van der Waals surface area contributed by atoms with Crippen LogP contribution in [-0.2, 0) is 9.47 Å². The molecule has 0 bridgehead atoms. The lowest BCUT2D eigenvalue weighted by Gasteiger charge is -2.45. The number of allylic oxidation sites excluding steroid dienone is 4. The number of nitrogens with two attached hydrogens (primary N) is 1. The predicted octanol–water partition coefficient (Wildman–Crippen LogP) is 3.03. The van der Waals surface area contributed by atoms with Crippen LogP contribution in [0.25, 0.3) is 0 Å². The molecule has 7 atom stereocenters. The van der Waals surface area contributed by atoms with Gasteiger partial charge in [0.05, 0.1) is 18.3 Å². The molecule has 0 aromatic carbocycles. The van der Waals surface area contributed by atoms with Crippen molar-refractivity contribution in [3.63, 3.8) is 0 Å². The zero-order valence-corrected chi connectivity index (χ0v) is 16.0. The Labute approximate surface area is 157 Å². The maximum atomic E-state index is 6.46. The Morgan fingerprint density at radius 1 is 1.19 bits per heavy atom. The van der Waals surface area contributed by atoms with Crippen LogP contribution in [0.5, 0.6) is 0 Å². The number of likely N-dealkylation sites (N-methyl/N-ethyl adjacent to an activating group) is 1. The average molecular weight is 357 g/mol. The molecule has 0 radical (unpaired) electrons. The van der Waals surface area contributed by atoms with E-state index < -0.39 is 0 Å². The molecule has 2 heterocycles. The van der Waals surface area contributed by atoms with Crippen LogP contribution >= 0.6 is 0 Å². The number of ether oxygens (including phenoxy) is 2. The summed E-state index contributed by atoms with van der Waals surface area (Å²) in [4.78, 5) is 2.39. The van der Waals surface area contributed by atoms with Crippen LogP contribution in [0.4, 0.5) is 0 Å². The van der Waals surface area contributed by atoms with Gasteiger partial charge in [-0.15, -0.1) is 0 Å². The second-order valence-electron chi connectivity index (χ2n) is 8.27. The van der Waals surface area contributed by atoms with E-state index in [1.165, 1.54) is 12.1 Å². The van der Waals surface area contributed by atoms with E-state index in [1.54, 1.807) is 0 Å². The Balaban J connectivity index is 1.44. The molecule has 0 aromatic heterocycles. The minimum absolute atomic E-state index is 0.161.